The van der Waals surface area contributed by atoms with Crippen LogP contribution in [-0.2, 0) is 16.1 Å². The van der Waals surface area contributed by atoms with Gasteiger partial charge in [-0.25, -0.2) is 4.79 Å². The normalized spacial score (nSPS) is 10.9. The maximum atomic E-state index is 11.8. The number of ether oxygens (including phenoxy) is 1. The second-order valence-corrected chi connectivity index (χ2v) is 4.30. The van der Waals surface area contributed by atoms with Crippen LogP contribution in [-0.4, -0.2) is 13.1 Å². The van der Waals surface area contributed by atoms with Gasteiger partial charge in [0.1, 0.15) is 5.70 Å². The lowest BCUT2D eigenvalue weighted by atomic mass is 10.2. The molecule has 0 unspecified atom stereocenters. The number of methoxy groups -OCH3 is 1. The van der Waals surface area contributed by atoms with Crippen molar-refractivity contribution >= 4 is 12.0 Å². The van der Waals surface area contributed by atoms with E-state index in [4.69, 9.17) is 4.74 Å². The van der Waals surface area contributed by atoms with Gasteiger partial charge in [-0.3, -0.25) is 0 Å². The van der Waals surface area contributed by atoms with E-state index in [-0.39, 0.29) is 5.97 Å². The standard InChI is InChI=1S/C17H17NO2/c1-20-17(19)16(12-14-8-4-2-5-9-14)18-13-15-10-6-3-7-11-15/h2-12,18H,13H2,1H3/b16-12-. The number of esters is 1. The van der Waals surface area contributed by atoms with Crippen LogP contribution in [0, 0.1) is 0 Å². The molecule has 1 N–H and O–H groups in total. The molecule has 0 heterocycles. The summed E-state index contributed by atoms with van der Waals surface area (Å²) in [5, 5.41) is 3.12. The minimum atomic E-state index is -0.371. The predicted octanol–water partition coefficient (Wildman–Crippen LogP) is 2.99. The fraction of sp³-hybridized carbons (Fsp3) is 0.118. The van der Waals surface area contributed by atoms with Gasteiger partial charge in [0, 0.05) is 6.54 Å². The van der Waals surface area contributed by atoms with Crippen LogP contribution in [0.15, 0.2) is 66.4 Å². The van der Waals surface area contributed by atoms with Crippen molar-refractivity contribution in [3.8, 4) is 0 Å². The smallest absolute Gasteiger partial charge is 0.354 e. The van der Waals surface area contributed by atoms with Gasteiger partial charge in [0.15, 0.2) is 0 Å². The highest BCUT2D eigenvalue weighted by atomic mass is 16.5. The first-order valence-electron chi connectivity index (χ1n) is 6.42. The summed E-state index contributed by atoms with van der Waals surface area (Å²) in [6.07, 6.45) is 1.79. The Hall–Kier alpha value is -2.55. The first-order chi connectivity index (χ1) is 9.79. The molecule has 0 aliphatic heterocycles. The van der Waals surface area contributed by atoms with Gasteiger partial charge in [-0.1, -0.05) is 60.7 Å². The largest absolute Gasteiger partial charge is 0.464 e. The van der Waals surface area contributed by atoms with E-state index in [9.17, 15) is 4.79 Å². The van der Waals surface area contributed by atoms with E-state index in [1.807, 2.05) is 60.7 Å². The molecule has 2 rings (SSSR count). The molecule has 0 radical (unpaired) electrons. The molecule has 0 spiro atoms. The van der Waals surface area contributed by atoms with Gasteiger partial charge >= 0.3 is 5.97 Å². The van der Waals surface area contributed by atoms with Crippen molar-refractivity contribution < 1.29 is 9.53 Å². The fourth-order valence-corrected chi connectivity index (χ4v) is 1.80. The number of nitrogens with one attached hydrogen (secondary N) is 1. The summed E-state index contributed by atoms with van der Waals surface area (Å²) in [7, 11) is 1.38. The molecule has 2 aromatic carbocycles. The molecule has 0 aromatic heterocycles. The number of hydrogen-bond acceptors (Lipinski definition) is 3. The lowest BCUT2D eigenvalue weighted by molar-refractivity contribution is -0.136. The van der Waals surface area contributed by atoms with E-state index < -0.39 is 0 Å². The topological polar surface area (TPSA) is 38.3 Å². The molecular formula is C17H17NO2. The average molecular weight is 267 g/mol. The van der Waals surface area contributed by atoms with Crippen molar-refractivity contribution in [1.82, 2.24) is 5.32 Å². The molecule has 3 nitrogen and oxygen atoms in total. The van der Waals surface area contributed by atoms with Gasteiger partial charge in [0.05, 0.1) is 7.11 Å². The Bertz CT molecular complexity index is 576. The first kappa shape index (κ1) is 13.9. The number of carbonyl (C=O) groups is 1. The molecule has 0 fully saturated rings. The zero-order valence-corrected chi connectivity index (χ0v) is 11.4. The summed E-state index contributed by atoms with van der Waals surface area (Å²) in [6.45, 7) is 0.578. The van der Waals surface area contributed by atoms with Crippen molar-refractivity contribution in [2.75, 3.05) is 7.11 Å². The molecule has 0 atom stereocenters. The van der Waals surface area contributed by atoms with Crippen molar-refractivity contribution in [3.05, 3.63) is 77.5 Å². The zero-order valence-electron chi connectivity index (χ0n) is 11.4. The average Bonchev–Trinajstić information content (AvgIpc) is 2.52. The van der Waals surface area contributed by atoms with Crippen LogP contribution in [0.1, 0.15) is 11.1 Å². The van der Waals surface area contributed by atoms with E-state index in [2.05, 4.69) is 5.32 Å². The SMILES string of the molecule is COC(=O)/C(=C/c1ccccc1)NCc1ccccc1. The molecule has 0 aliphatic rings. The maximum absolute atomic E-state index is 11.8. The monoisotopic (exact) mass is 267 g/mol. The molecule has 2 aromatic rings. The molecule has 0 bridgehead atoms. The van der Waals surface area contributed by atoms with Crippen molar-refractivity contribution in [2.24, 2.45) is 0 Å². The summed E-state index contributed by atoms with van der Waals surface area (Å²) in [4.78, 5) is 11.8. The predicted molar refractivity (Wildman–Crippen MR) is 79.7 cm³/mol. The second-order valence-electron chi connectivity index (χ2n) is 4.30. The number of rotatable bonds is 5. The van der Waals surface area contributed by atoms with E-state index in [1.165, 1.54) is 7.11 Å². The third-order valence-electron chi connectivity index (χ3n) is 2.84. The third-order valence-corrected chi connectivity index (χ3v) is 2.84. The van der Waals surface area contributed by atoms with Crippen LogP contribution in [0.5, 0.6) is 0 Å². The molecule has 3 heteroatoms. The Morgan fingerprint density at radius 3 is 2.25 bits per heavy atom. The van der Waals surface area contributed by atoms with Crippen molar-refractivity contribution in [2.45, 2.75) is 6.54 Å². The number of hydrogen-bond donors (Lipinski definition) is 1. The summed E-state index contributed by atoms with van der Waals surface area (Å²) < 4.78 is 4.80. The van der Waals surface area contributed by atoms with Gasteiger partial charge in [0.25, 0.3) is 0 Å². The summed E-state index contributed by atoms with van der Waals surface area (Å²) in [6, 6.07) is 19.6. The Balaban J connectivity index is 2.12. The molecule has 0 aliphatic carbocycles. The van der Waals surface area contributed by atoms with E-state index in [1.54, 1.807) is 6.08 Å². The maximum Gasteiger partial charge on any atom is 0.354 e. The lowest BCUT2D eigenvalue weighted by Crippen LogP contribution is -2.21. The number of carbonyl (C=O) groups excluding carboxylic acids is 1. The fourth-order valence-electron chi connectivity index (χ4n) is 1.80. The highest BCUT2D eigenvalue weighted by Crippen LogP contribution is 2.07. The molecular weight excluding hydrogens is 250 g/mol. The molecule has 20 heavy (non-hydrogen) atoms. The number of benzene rings is 2. The van der Waals surface area contributed by atoms with Crippen LogP contribution in [0.25, 0.3) is 6.08 Å². The highest BCUT2D eigenvalue weighted by molar-refractivity contribution is 5.92. The van der Waals surface area contributed by atoms with Crippen LogP contribution < -0.4 is 5.32 Å². The van der Waals surface area contributed by atoms with Crippen molar-refractivity contribution in [1.29, 1.82) is 0 Å². The zero-order chi connectivity index (χ0) is 14.2. The van der Waals surface area contributed by atoms with E-state index >= 15 is 0 Å². The van der Waals surface area contributed by atoms with Gasteiger partial charge in [-0.2, -0.15) is 0 Å². The van der Waals surface area contributed by atoms with Gasteiger partial charge in [-0.05, 0) is 17.2 Å². The summed E-state index contributed by atoms with van der Waals surface area (Å²) in [5.74, 6) is -0.371. The third kappa shape index (κ3) is 3.99. The minimum absolute atomic E-state index is 0.371. The van der Waals surface area contributed by atoms with Gasteiger partial charge in [0.2, 0.25) is 0 Å². The van der Waals surface area contributed by atoms with Gasteiger partial charge in [-0.15, -0.1) is 0 Å². The molecule has 102 valence electrons. The summed E-state index contributed by atoms with van der Waals surface area (Å²) >= 11 is 0. The van der Waals surface area contributed by atoms with Gasteiger partial charge < -0.3 is 10.1 Å². The summed E-state index contributed by atoms with van der Waals surface area (Å²) in [5.41, 5.74) is 2.51. The van der Waals surface area contributed by atoms with Crippen LogP contribution in [0.3, 0.4) is 0 Å². The van der Waals surface area contributed by atoms with Crippen LogP contribution in [0.4, 0.5) is 0 Å². The highest BCUT2D eigenvalue weighted by Gasteiger charge is 2.09. The van der Waals surface area contributed by atoms with Crippen LogP contribution in [0.2, 0.25) is 0 Å². The lowest BCUT2D eigenvalue weighted by Gasteiger charge is -2.09. The molecule has 0 saturated carbocycles. The van der Waals surface area contributed by atoms with E-state index in [0.717, 1.165) is 11.1 Å². The quantitative estimate of drug-likeness (QED) is 0.668. The molecule has 0 amide bonds. The molecule has 0 saturated heterocycles. The Morgan fingerprint density at radius 1 is 1.05 bits per heavy atom. The second kappa shape index (κ2) is 7.14. The van der Waals surface area contributed by atoms with Crippen LogP contribution >= 0.6 is 0 Å². The Labute approximate surface area is 118 Å². The van der Waals surface area contributed by atoms with Crippen molar-refractivity contribution in [3.63, 3.8) is 0 Å². The Kier molecular flexibility index (Phi) is 4.95. The first-order valence-corrected chi connectivity index (χ1v) is 6.42. The van der Waals surface area contributed by atoms with E-state index in [0.29, 0.717) is 12.2 Å². The Morgan fingerprint density at radius 2 is 1.65 bits per heavy atom. The minimum Gasteiger partial charge on any atom is -0.464 e.